The zero-order valence-corrected chi connectivity index (χ0v) is 17.3. The summed E-state index contributed by atoms with van der Waals surface area (Å²) in [6, 6.07) is 7.97. The van der Waals surface area contributed by atoms with E-state index in [1.807, 2.05) is 0 Å². The van der Waals surface area contributed by atoms with Gasteiger partial charge in [-0.05, 0) is 55.0 Å². The van der Waals surface area contributed by atoms with Crippen LogP contribution in [0.4, 0.5) is 14.9 Å². The fraction of sp³-hybridized carbons (Fsp3) is 0.150. The lowest BCUT2D eigenvalue weighted by atomic mass is 10.1. The maximum Gasteiger partial charge on any atom is 0.326 e. The number of anilines is 1. The van der Waals surface area contributed by atoms with E-state index in [0.29, 0.717) is 33.8 Å². The Labute approximate surface area is 179 Å². The molecule has 0 atom stereocenters. The Hall–Kier alpha value is -3.40. The molecule has 1 heterocycles. The van der Waals surface area contributed by atoms with Gasteiger partial charge >= 0.3 is 6.03 Å². The van der Waals surface area contributed by atoms with Crippen LogP contribution in [0.15, 0.2) is 46.6 Å². The molecule has 156 valence electrons. The molecule has 3 rings (SSSR count). The molecule has 1 aliphatic rings. The summed E-state index contributed by atoms with van der Waals surface area (Å²) in [5.74, 6) is -0.716. The van der Waals surface area contributed by atoms with E-state index in [2.05, 4.69) is 31.9 Å². The van der Waals surface area contributed by atoms with Gasteiger partial charge in [0, 0.05) is 10.2 Å². The van der Waals surface area contributed by atoms with Gasteiger partial charge in [-0.2, -0.15) is 0 Å². The van der Waals surface area contributed by atoms with Crippen LogP contribution in [0.5, 0.6) is 11.5 Å². The summed E-state index contributed by atoms with van der Waals surface area (Å²) in [5, 5.41) is 7.12. The SMILES string of the molecule is CCOc1cc(/C=C2/NC(=O)NC2=O)c(Br)cc1OCC(=O)Nc1ccc(F)cc1. The lowest BCUT2D eigenvalue weighted by molar-refractivity contribution is -0.118. The van der Waals surface area contributed by atoms with Crippen LogP contribution in [0.3, 0.4) is 0 Å². The highest BCUT2D eigenvalue weighted by atomic mass is 79.9. The number of imide groups is 1. The van der Waals surface area contributed by atoms with Crippen molar-refractivity contribution in [2.45, 2.75) is 6.92 Å². The predicted octanol–water partition coefficient (Wildman–Crippen LogP) is 3.18. The zero-order valence-electron chi connectivity index (χ0n) is 15.8. The number of rotatable bonds is 7. The molecule has 0 aromatic heterocycles. The third-order valence-corrected chi connectivity index (χ3v) is 4.56. The van der Waals surface area contributed by atoms with Crippen molar-refractivity contribution in [3.63, 3.8) is 0 Å². The van der Waals surface area contributed by atoms with E-state index in [0.717, 1.165) is 0 Å². The van der Waals surface area contributed by atoms with Gasteiger partial charge in [0.2, 0.25) is 0 Å². The molecule has 0 radical (unpaired) electrons. The Morgan fingerprint density at radius 2 is 1.83 bits per heavy atom. The maximum atomic E-state index is 12.9. The van der Waals surface area contributed by atoms with Crippen molar-refractivity contribution in [1.82, 2.24) is 10.6 Å². The average molecular weight is 478 g/mol. The summed E-state index contributed by atoms with van der Waals surface area (Å²) < 4.78 is 24.7. The van der Waals surface area contributed by atoms with Gasteiger partial charge in [0.15, 0.2) is 18.1 Å². The smallest absolute Gasteiger partial charge is 0.326 e. The molecule has 4 amide bonds. The minimum atomic E-state index is -0.598. The summed E-state index contributed by atoms with van der Waals surface area (Å²) in [7, 11) is 0. The maximum absolute atomic E-state index is 12.9. The molecule has 3 N–H and O–H groups in total. The van der Waals surface area contributed by atoms with Gasteiger partial charge in [-0.25, -0.2) is 9.18 Å². The largest absolute Gasteiger partial charge is 0.490 e. The summed E-state index contributed by atoms with van der Waals surface area (Å²) in [6.45, 7) is 1.83. The first-order chi connectivity index (χ1) is 14.4. The lowest BCUT2D eigenvalue weighted by Crippen LogP contribution is -2.22. The first kappa shape index (κ1) is 21.3. The molecule has 30 heavy (non-hydrogen) atoms. The van der Waals surface area contributed by atoms with Crippen molar-refractivity contribution in [1.29, 1.82) is 0 Å². The molecule has 1 fully saturated rings. The summed E-state index contributed by atoms with van der Waals surface area (Å²) in [6.07, 6.45) is 1.48. The van der Waals surface area contributed by atoms with Gasteiger partial charge in [0.25, 0.3) is 11.8 Å². The second-order valence-electron chi connectivity index (χ2n) is 6.06. The van der Waals surface area contributed by atoms with Crippen LogP contribution >= 0.6 is 15.9 Å². The molecular formula is C20H17BrFN3O5. The topological polar surface area (TPSA) is 106 Å². The first-order valence-corrected chi connectivity index (χ1v) is 9.63. The summed E-state index contributed by atoms with van der Waals surface area (Å²) >= 11 is 3.38. The molecule has 2 aromatic rings. The Kier molecular flexibility index (Phi) is 6.68. The number of carbonyl (C=O) groups is 3. The number of carbonyl (C=O) groups excluding carboxylic acids is 3. The van der Waals surface area contributed by atoms with Gasteiger partial charge in [-0.15, -0.1) is 0 Å². The van der Waals surface area contributed by atoms with Gasteiger partial charge in [0.05, 0.1) is 6.61 Å². The molecule has 0 aliphatic carbocycles. The molecule has 0 bridgehead atoms. The molecule has 10 heteroatoms. The van der Waals surface area contributed by atoms with Crippen LogP contribution in [0.1, 0.15) is 12.5 Å². The van der Waals surface area contributed by atoms with Gasteiger partial charge in [-0.3, -0.25) is 14.9 Å². The second kappa shape index (κ2) is 9.40. The molecular weight excluding hydrogens is 461 g/mol. The Balaban J connectivity index is 1.74. The van der Waals surface area contributed by atoms with Crippen molar-refractivity contribution in [3.8, 4) is 11.5 Å². The van der Waals surface area contributed by atoms with E-state index in [-0.39, 0.29) is 12.3 Å². The molecule has 1 aliphatic heterocycles. The van der Waals surface area contributed by atoms with E-state index in [1.54, 1.807) is 19.1 Å². The third kappa shape index (κ3) is 5.35. The normalized spacial score (nSPS) is 14.3. The number of nitrogens with one attached hydrogen (secondary N) is 3. The summed E-state index contributed by atoms with van der Waals surface area (Å²) in [5.41, 5.74) is 1.10. The van der Waals surface area contributed by atoms with Crippen LogP contribution < -0.4 is 25.4 Å². The third-order valence-electron chi connectivity index (χ3n) is 3.87. The van der Waals surface area contributed by atoms with Crippen molar-refractivity contribution in [3.05, 3.63) is 57.9 Å². The van der Waals surface area contributed by atoms with Crippen LogP contribution in [0, 0.1) is 5.82 Å². The lowest BCUT2D eigenvalue weighted by Gasteiger charge is -2.14. The van der Waals surface area contributed by atoms with E-state index in [4.69, 9.17) is 9.47 Å². The predicted molar refractivity (Wildman–Crippen MR) is 110 cm³/mol. The highest BCUT2D eigenvalue weighted by molar-refractivity contribution is 9.10. The minimum absolute atomic E-state index is 0.0930. The monoisotopic (exact) mass is 477 g/mol. The van der Waals surface area contributed by atoms with Gasteiger partial charge < -0.3 is 20.1 Å². The molecule has 0 saturated carbocycles. The van der Waals surface area contributed by atoms with Crippen molar-refractivity contribution in [2.24, 2.45) is 0 Å². The van der Waals surface area contributed by atoms with Crippen molar-refractivity contribution in [2.75, 3.05) is 18.5 Å². The quantitative estimate of drug-likeness (QED) is 0.419. The molecule has 1 saturated heterocycles. The van der Waals surface area contributed by atoms with E-state index in [9.17, 15) is 18.8 Å². The van der Waals surface area contributed by atoms with Gasteiger partial charge in [0.1, 0.15) is 11.5 Å². The second-order valence-corrected chi connectivity index (χ2v) is 6.92. The molecule has 0 spiro atoms. The highest BCUT2D eigenvalue weighted by Gasteiger charge is 2.23. The Morgan fingerprint density at radius 1 is 1.13 bits per heavy atom. The molecule has 0 unspecified atom stereocenters. The number of hydrogen-bond donors (Lipinski definition) is 3. The molecule has 2 aromatic carbocycles. The van der Waals surface area contributed by atoms with Crippen LogP contribution in [-0.4, -0.2) is 31.1 Å². The van der Waals surface area contributed by atoms with E-state index >= 15 is 0 Å². The van der Waals surface area contributed by atoms with Crippen LogP contribution in [0.2, 0.25) is 0 Å². The number of benzene rings is 2. The number of urea groups is 1. The standard InChI is InChI=1S/C20H17BrFN3O5/c1-2-29-16-8-11(7-15-19(27)25-20(28)24-15)14(21)9-17(16)30-10-18(26)23-13-5-3-12(22)4-6-13/h3-9H,2,10H2,1H3,(H,23,26)(H2,24,25,27,28)/b15-7+. The van der Waals surface area contributed by atoms with Crippen molar-refractivity contribution < 1.29 is 28.2 Å². The molecule has 8 nitrogen and oxygen atoms in total. The Bertz CT molecular complexity index is 1020. The number of hydrogen-bond acceptors (Lipinski definition) is 5. The zero-order chi connectivity index (χ0) is 21.7. The number of halogens is 2. The average Bonchev–Trinajstić information content (AvgIpc) is 3.02. The van der Waals surface area contributed by atoms with Crippen LogP contribution in [0.25, 0.3) is 6.08 Å². The van der Waals surface area contributed by atoms with Crippen molar-refractivity contribution >= 4 is 45.5 Å². The Morgan fingerprint density at radius 3 is 2.47 bits per heavy atom. The van der Waals surface area contributed by atoms with E-state index in [1.165, 1.54) is 30.3 Å². The fourth-order valence-corrected chi connectivity index (χ4v) is 2.99. The van der Waals surface area contributed by atoms with Gasteiger partial charge in [-0.1, -0.05) is 15.9 Å². The van der Waals surface area contributed by atoms with Crippen LogP contribution in [-0.2, 0) is 9.59 Å². The summed E-state index contributed by atoms with van der Waals surface area (Å²) in [4.78, 5) is 35.1. The van der Waals surface area contributed by atoms with E-state index < -0.39 is 23.7 Å². The number of ether oxygens (including phenoxy) is 2. The first-order valence-electron chi connectivity index (χ1n) is 8.84. The number of amides is 4. The highest BCUT2D eigenvalue weighted by Crippen LogP contribution is 2.35. The fourth-order valence-electron chi connectivity index (χ4n) is 2.55. The minimum Gasteiger partial charge on any atom is -0.490 e.